The van der Waals surface area contributed by atoms with Crippen molar-refractivity contribution in [1.29, 1.82) is 0 Å². The summed E-state index contributed by atoms with van der Waals surface area (Å²) in [4.78, 5) is 12.8. The van der Waals surface area contributed by atoms with Crippen molar-refractivity contribution in [3.63, 3.8) is 0 Å². The number of carbonyl (C=O) groups excluding carboxylic acids is 1. The molecule has 0 atom stereocenters. The largest absolute Gasteiger partial charge is 0.497 e. The monoisotopic (exact) mass is 464 g/mol. The number of hydrogen-bond acceptors (Lipinski definition) is 4. The lowest BCUT2D eigenvalue weighted by atomic mass is 10.1. The third kappa shape index (κ3) is 5.44. The number of halogens is 2. The van der Waals surface area contributed by atoms with Gasteiger partial charge in [-0.15, -0.1) is 0 Å². The van der Waals surface area contributed by atoms with Gasteiger partial charge in [-0.05, 0) is 60.2 Å². The summed E-state index contributed by atoms with van der Waals surface area (Å²) < 4.78 is 32.9. The lowest BCUT2D eigenvalue weighted by Crippen LogP contribution is -2.25. The van der Waals surface area contributed by atoms with Gasteiger partial charge >= 0.3 is 0 Å². The highest BCUT2D eigenvalue weighted by Gasteiger charge is 2.19. The zero-order chi connectivity index (χ0) is 21.7. The van der Waals surface area contributed by atoms with E-state index in [0.29, 0.717) is 15.8 Å². The standard InChI is InChI=1S/C21H18Cl2N2O4S/c1-29-17-7-2-14(3-8-17)13-24-21(26)19-12-16(23)6-11-20(19)25-30(27,28)18-9-4-15(22)5-10-18/h2-12,25H,13H2,1H3,(H,24,26). The predicted octanol–water partition coefficient (Wildman–Crippen LogP) is 4.73. The zero-order valence-electron chi connectivity index (χ0n) is 15.9. The number of methoxy groups -OCH3 is 1. The van der Waals surface area contributed by atoms with Crippen LogP contribution in [0, 0.1) is 0 Å². The van der Waals surface area contributed by atoms with E-state index in [-0.39, 0.29) is 22.7 Å². The lowest BCUT2D eigenvalue weighted by Gasteiger charge is -2.13. The molecule has 1 amide bonds. The van der Waals surface area contributed by atoms with Gasteiger partial charge in [-0.2, -0.15) is 0 Å². The Morgan fingerprint density at radius 1 is 0.933 bits per heavy atom. The van der Waals surface area contributed by atoms with E-state index in [1.165, 1.54) is 42.5 Å². The van der Waals surface area contributed by atoms with Gasteiger partial charge in [0.05, 0.1) is 23.3 Å². The van der Waals surface area contributed by atoms with Gasteiger partial charge in [0, 0.05) is 16.6 Å². The summed E-state index contributed by atoms with van der Waals surface area (Å²) in [6.07, 6.45) is 0. The molecule has 0 aliphatic rings. The maximum atomic E-state index is 12.7. The molecular weight excluding hydrogens is 447 g/mol. The number of rotatable bonds is 7. The molecule has 0 aromatic heterocycles. The first-order chi connectivity index (χ1) is 14.3. The molecule has 0 aliphatic heterocycles. The molecule has 156 valence electrons. The van der Waals surface area contributed by atoms with E-state index in [4.69, 9.17) is 27.9 Å². The van der Waals surface area contributed by atoms with Crippen LogP contribution in [0.1, 0.15) is 15.9 Å². The molecule has 9 heteroatoms. The van der Waals surface area contributed by atoms with Gasteiger partial charge < -0.3 is 10.1 Å². The molecule has 30 heavy (non-hydrogen) atoms. The molecule has 0 spiro atoms. The van der Waals surface area contributed by atoms with Gasteiger partial charge in [0.15, 0.2) is 0 Å². The van der Waals surface area contributed by atoms with E-state index in [0.717, 1.165) is 5.56 Å². The van der Waals surface area contributed by atoms with Crippen LogP contribution in [0.3, 0.4) is 0 Å². The number of anilines is 1. The molecule has 0 unspecified atom stereocenters. The maximum Gasteiger partial charge on any atom is 0.261 e. The first-order valence-electron chi connectivity index (χ1n) is 8.77. The maximum absolute atomic E-state index is 12.7. The van der Waals surface area contributed by atoms with Crippen LogP contribution < -0.4 is 14.8 Å². The fraction of sp³-hybridized carbons (Fsp3) is 0.0952. The van der Waals surface area contributed by atoms with Gasteiger partial charge in [-0.3, -0.25) is 9.52 Å². The van der Waals surface area contributed by atoms with Crippen molar-refractivity contribution >= 4 is 44.8 Å². The van der Waals surface area contributed by atoms with Crippen LogP contribution >= 0.6 is 23.2 Å². The van der Waals surface area contributed by atoms with E-state index in [1.54, 1.807) is 19.2 Å². The highest BCUT2D eigenvalue weighted by atomic mass is 35.5. The number of hydrogen-bond donors (Lipinski definition) is 2. The van der Waals surface area contributed by atoms with Crippen molar-refractivity contribution in [1.82, 2.24) is 5.32 Å². The SMILES string of the molecule is COc1ccc(CNC(=O)c2cc(Cl)ccc2NS(=O)(=O)c2ccc(Cl)cc2)cc1. The molecule has 2 N–H and O–H groups in total. The Kier molecular flexibility index (Phi) is 6.87. The van der Waals surface area contributed by atoms with Crippen molar-refractivity contribution in [3.8, 4) is 5.75 Å². The van der Waals surface area contributed by atoms with Crippen LogP contribution in [0.2, 0.25) is 10.0 Å². The van der Waals surface area contributed by atoms with Gasteiger partial charge in [-0.25, -0.2) is 8.42 Å². The molecule has 3 aromatic rings. The van der Waals surface area contributed by atoms with E-state index in [1.807, 2.05) is 12.1 Å². The fourth-order valence-corrected chi connectivity index (χ4v) is 4.01. The molecule has 6 nitrogen and oxygen atoms in total. The second kappa shape index (κ2) is 9.38. The lowest BCUT2D eigenvalue weighted by molar-refractivity contribution is 0.0952. The fourth-order valence-electron chi connectivity index (χ4n) is 2.63. The Hall–Kier alpha value is -2.74. The normalized spacial score (nSPS) is 11.0. The minimum Gasteiger partial charge on any atom is -0.497 e. The molecule has 0 bridgehead atoms. The Balaban J connectivity index is 1.80. The third-order valence-corrected chi connectivity index (χ3v) is 6.08. The Labute approximate surface area is 184 Å². The summed E-state index contributed by atoms with van der Waals surface area (Å²) in [6.45, 7) is 0.249. The average Bonchev–Trinajstić information content (AvgIpc) is 2.74. The van der Waals surface area contributed by atoms with Crippen molar-refractivity contribution in [2.45, 2.75) is 11.4 Å². The van der Waals surface area contributed by atoms with Crippen molar-refractivity contribution < 1.29 is 17.9 Å². The number of ether oxygens (including phenoxy) is 1. The minimum absolute atomic E-state index is 0.0199. The van der Waals surface area contributed by atoms with Crippen LogP contribution in [0.25, 0.3) is 0 Å². The molecule has 3 aromatic carbocycles. The van der Waals surface area contributed by atoms with E-state index in [9.17, 15) is 13.2 Å². The topological polar surface area (TPSA) is 84.5 Å². The molecule has 3 rings (SSSR count). The summed E-state index contributed by atoms with van der Waals surface area (Å²) in [6, 6.07) is 17.3. The smallest absolute Gasteiger partial charge is 0.261 e. The van der Waals surface area contributed by atoms with Crippen molar-refractivity contribution in [2.24, 2.45) is 0 Å². The number of amides is 1. The van der Waals surface area contributed by atoms with Crippen LogP contribution in [-0.2, 0) is 16.6 Å². The Bertz CT molecular complexity index is 1150. The van der Waals surface area contributed by atoms with Gasteiger partial charge in [-0.1, -0.05) is 35.3 Å². The predicted molar refractivity (Wildman–Crippen MR) is 118 cm³/mol. The first-order valence-corrected chi connectivity index (χ1v) is 11.0. The second-order valence-electron chi connectivity index (χ2n) is 6.28. The third-order valence-electron chi connectivity index (χ3n) is 4.21. The van der Waals surface area contributed by atoms with Crippen molar-refractivity contribution in [3.05, 3.63) is 87.9 Å². The van der Waals surface area contributed by atoms with E-state index in [2.05, 4.69) is 10.0 Å². The minimum atomic E-state index is -3.92. The molecule has 0 radical (unpaired) electrons. The van der Waals surface area contributed by atoms with E-state index >= 15 is 0 Å². The number of sulfonamides is 1. The highest BCUT2D eigenvalue weighted by Crippen LogP contribution is 2.24. The van der Waals surface area contributed by atoms with Gasteiger partial charge in [0.25, 0.3) is 15.9 Å². The number of benzene rings is 3. The van der Waals surface area contributed by atoms with Gasteiger partial charge in [0.2, 0.25) is 0 Å². The first kappa shape index (κ1) is 22.0. The molecule has 0 saturated carbocycles. The van der Waals surface area contributed by atoms with Crippen LogP contribution in [0.4, 0.5) is 5.69 Å². The summed E-state index contributed by atoms with van der Waals surface area (Å²) in [5.41, 5.74) is 1.07. The van der Waals surface area contributed by atoms with Crippen LogP contribution in [0.5, 0.6) is 5.75 Å². The van der Waals surface area contributed by atoms with Crippen LogP contribution in [-0.4, -0.2) is 21.4 Å². The average molecular weight is 465 g/mol. The zero-order valence-corrected chi connectivity index (χ0v) is 18.2. The highest BCUT2D eigenvalue weighted by molar-refractivity contribution is 7.92. The van der Waals surface area contributed by atoms with Gasteiger partial charge in [0.1, 0.15) is 5.75 Å². The quantitative estimate of drug-likeness (QED) is 0.528. The molecule has 0 aliphatic carbocycles. The summed E-state index contributed by atoms with van der Waals surface area (Å²) in [7, 11) is -2.35. The number of nitrogens with one attached hydrogen (secondary N) is 2. The van der Waals surface area contributed by atoms with Crippen LogP contribution in [0.15, 0.2) is 71.6 Å². The molecule has 0 fully saturated rings. The van der Waals surface area contributed by atoms with Crippen molar-refractivity contribution in [2.75, 3.05) is 11.8 Å². The second-order valence-corrected chi connectivity index (χ2v) is 8.84. The molecule has 0 saturated heterocycles. The Morgan fingerprint density at radius 3 is 2.20 bits per heavy atom. The summed E-state index contributed by atoms with van der Waals surface area (Å²) in [5.74, 6) is 0.237. The number of carbonyl (C=O) groups is 1. The summed E-state index contributed by atoms with van der Waals surface area (Å²) >= 11 is 11.8. The molecule has 0 heterocycles. The van der Waals surface area contributed by atoms with E-state index < -0.39 is 15.9 Å². The Morgan fingerprint density at radius 2 is 1.57 bits per heavy atom. The molecular formula is C21H18Cl2N2O4S. The summed E-state index contributed by atoms with van der Waals surface area (Å²) in [5, 5.41) is 3.48.